The second kappa shape index (κ2) is 4.77. The van der Waals surface area contributed by atoms with Gasteiger partial charge in [0.1, 0.15) is 6.10 Å². The first-order valence-electron chi connectivity index (χ1n) is 4.51. The normalized spacial score (nSPS) is 12.5. The van der Waals surface area contributed by atoms with Crippen molar-refractivity contribution in [2.75, 3.05) is 0 Å². The third-order valence-electron chi connectivity index (χ3n) is 1.92. The van der Waals surface area contributed by atoms with Gasteiger partial charge >= 0.3 is 0 Å². The molecule has 0 saturated heterocycles. The summed E-state index contributed by atoms with van der Waals surface area (Å²) >= 11 is 0. The van der Waals surface area contributed by atoms with E-state index < -0.39 is 6.10 Å². The molecule has 0 aliphatic heterocycles. The van der Waals surface area contributed by atoms with Crippen LogP contribution in [0.1, 0.15) is 31.4 Å². The Hall–Kier alpha value is -1.15. The second-order valence-electron chi connectivity index (χ2n) is 3.03. The van der Waals surface area contributed by atoms with E-state index in [0.29, 0.717) is 12.0 Å². The van der Waals surface area contributed by atoms with Gasteiger partial charge in [-0.05, 0) is 12.0 Å². The fourth-order valence-corrected chi connectivity index (χ4v) is 1.20. The topological polar surface area (TPSA) is 37.3 Å². The van der Waals surface area contributed by atoms with Crippen molar-refractivity contribution in [3.8, 4) is 0 Å². The van der Waals surface area contributed by atoms with Crippen molar-refractivity contribution in [3.05, 3.63) is 35.9 Å². The summed E-state index contributed by atoms with van der Waals surface area (Å²) in [5.41, 5.74) is 0.681. The fraction of sp³-hybridized carbons (Fsp3) is 0.364. The van der Waals surface area contributed by atoms with E-state index in [4.69, 9.17) is 0 Å². The Kier molecular flexibility index (Phi) is 3.65. The Morgan fingerprint density at radius 2 is 2.00 bits per heavy atom. The molecule has 0 radical (unpaired) electrons. The van der Waals surface area contributed by atoms with E-state index in [1.807, 2.05) is 25.1 Å². The maximum absolute atomic E-state index is 11.3. The average molecular weight is 178 g/mol. The molecule has 0 heterocycles. The van der Waals surface area contributed by atoms with Gasteiger partial charge in [0.05, 0.1) is 0 Å². The van der Waals surface area contributed by atoms with Gasteiger partial charge in [-0.3, -0.25) is 4.79 Å². The van der Waals surface area contributed by atoms with Gasteiger partial charge in [0.2, 0.25) is 0 Å². The SMILES string of the molecule is CCCC(=O)[C@@H](O)c1ccccc1. The molecule has 0 amide bonds. The van der Waals surface area contributed by atoms with Crippen LogP contribution in [0.25, 0.3) is 0 Å². The van der Waals surface area contributed by atoms with E-state index in [2.05, 4.69) is 0 Å². The summed E-state index contributed by atoms with van der Waals surface area (Å²) in [6.45, 7) is 1.93. The molecule has 1 aromatic rings. The van der Waals surface area contributed by atoms with Crippen molar-refractivity contribution >= 4 is 5.78 Å². The lowest BCUT2D eigenvalue weighted by atomic mass is 10.0. The maximum Gasteiger partial charge on any atom is 0.165 e. The van der Waals surface area contributed by atoms with Gasteiger partial charge in [0, 0.05) is 6.42 Å². The van der Waals surface area contributed by atoms with Crippen LogP contribution in [0.2, 0.25) is 0 Å². The molecule has 1 atom stereocenters. The average Bonchev–Trinajstić information content (AvgIpc) is 2.18. The van der Waals surface area contributed by atoms with Crippen molar-refractivity contribution in [3.63, 3.8) is 0 Å². The number of hydrogen-bond acceptors (Lipinski definition) is 2. The molecule has 0 unspecified atom stereocenters. The molecule has 0 aliphatic rings. The molecule has 1 rings (SSSR count). The predicted octanol–water partition coefficient (Wildman–Crippen LogP) is 2.09. The van der Waals surface area contributed by atoms with Gasteiger partial charge in [0.15, 0.2) is 5.78 Å². The van der Waals surface area contributed by atoms with Crippen LogP contribution in [-0.2, 0) is 4.79 Å². The monoisotopic (exact) mass is 178 g/mol. The van der Waals surface area contributed by atoms with Crippen LogP contribution in [0, 0.1) is 0 Å². The van der Waals surface area contributed by atoms with Gasteiger partial charge < -0.3 is 5.11 Å². The van der Waals surface area contributed by atoms with E-state index in [1.54, 1.807) is 12.1 Å². The minimum Gasteiger partial charge on any atom is -0.381 e. The van der Waals surface area contributed by atoms with Gasteiger partial charge in [-0.2, -0.15) is 0 Å². The summed E-state index contributed by atoms with van der Waals surface area (Å²) in [6.07, 6.45) is 0.278. The molecule has 0 aliphatic carbocycles. The van der Waals surface area contributed by atoms with Crippen LogP contribution in [0.5, 0.6) is 0 Å². The molecule has 0 fully saturated rings. The number of hydrogen-bond donors (Lipinski definition) is 1. The van der Waals surface area contributed by atoms with Gasteiger partial charge in [-0.15, -0.1) is 0 Å². The molecule has 0 spiro atoms. The molecule has 13 heavy (non-hydrogen) atoms. The highest BCUT2D eigenvalue weighted by Crippen LogP contribution is 2.15. The van der Waals surface area contributed by atoms with E-state index in [1.165, 1.54) is 0 Å². The molecular formula is C11H14O2. The molecule has 70 valence electrons. The standard InChI is InChI=1S/C11H14O2/c1-2-6-10(12)11(13)9-7-4-3-5-8-9/h3-5,7-8,11,13H,2,6H2,1H3/t11-/m0/s1. The molecule has 1 aromatic carbocycles. The quantitative estimate of drug-likeness (QED) is 0.766. The zero-order chi connectivity index (χ0) is 9.68. The van der Waals surface area contributed by atoms with Gasteiger partial charge in [-0.1, -0.05) is 37.3 Å². The third-order valence-corrected chi connectivity index (χ3v) is 1.92. The lowest BCUT2D eigenvalue weighted by Gasteiger charge is -2.08. The minimum absolute atomic E-state index is 0.103. The van der Waals surface area contributed by atoms with Crippen molar-refractivity contribution < 1.29 is 9.90 Å². The molecule has 0 aromatic heterocycles. The Bertz CT molecular complexity index is 267. The first-order chi connectivity index (χ1) is 6.25. The fourth-order valence-electron chi connectivity index (χ4n) is 1.20. The first-order valence-corrected chi connectivity index (χ1v) is 4.51. The highest BCUT2D eigenvalue weighted by Gasteiger charge is 2.14. The third kappa shape index (κ3) is 2.67. The zero-order valence-corrected chi connectivity index (χ0v) is 7.73. The van der Waals surface area contributed by atoms with Crippen LogP contribution in [0.4, 0.5) is 0 Å². The summed E-state index contributed by atoms with van der Waals surface area (Å²) in [4.78, 5) is 11.3. The number of Topliss-reactive ketones (excluding diaryl/α,β-unsaturated/α-hetero) is 1. The second-order valence-corrected chi connectivity index (χ2v) is 3.03. The van der Waals surface area contributed by atoms with Crippen molar-refractivity contribution in [1.29, 1.82) is 0 Å². The Morgan fingerprint density at radius 3 is 2.54 bits per heavy atom. The molecule has 2 nitrogen and oxygen atoms in total. The molecule has 1 N–H and O–H groups in total. The van der Waals surface area contributed by atoms with Crippen LogP contribution in [0.15, 0.2) is 30.3 Å². The lowest BCUT2D eigenvalue weighted by Crippen LogP contribution is -2.10. The highest BCUT2D eigenvalue weighted by molar-refractivity contribution is 5.83. The maximum atomic E-state index is 11.3. The summed E-state index contributed by atoms with van der Waals surface area (Å²) in [7, 11) is 0. The summed E-state index contributed by atoms with van der Waals surface area (Å²) in [5.74, 6) is -0.103. The number of aliphatic hydroxyl groups excluding tert-OH is 1. The molecule has 0 bridgehead atoms. The van der Waals surface area contributed by atoms with E-state index >= 15 is 0 Å². The number of carbonyl (C=O) groups is 1. The Labute approximate surface area is 78.2 Å². The van der Waals surface area contributed by atoms with Crippen LogP contribution >= 0.6 is 0 Å². The van der Waals surface area contributed by atoms with Crippen molar-refractivity contribution in [2.24, 2.45) is 0 Å². The van der Waals surface area contributed by atoms with Gasteiger partial charge in [0.25, 0.3) is 0 Å². The zero-order valence-electron chi connectivity index (χ0n) is 7.73. The number of aliphatic hydroxyl groups is 1. The van der Waals surface area contributed by atoms with E-state index in [9.17, 15) is 9.90 Å². The Balaban J connectivity index is 2.68. The van der Waals surface area contributed by atoms with Crippen LogP contribution in [0.3, 0.4) is 0 Å². The van der Waals surface area contributed by atoms with Crippen molar-refractivity contribution in [2.45, 2.75) is 25.9 Å². The number of rotatable bonds is 4. The summed E-state index contributed by atoms with van der Waals surface area (Å²) < 4.78 is 0. The summed E-state index contributed by atoms with van der Waals surface area (Å²) in [5, 5.41) is 9.57. The largest absolute Gasteiger partial charge is 0.381 e. The predicted molar refractivity (Wildman–Crippen MR) is 51.3 cm³/mol. The first kappa shape index (κ1) is 9.93. The molecule has 2 heteroatoms. The van der Waals surface area contributed by atoms with Gasteiger partial charge in [-0.25, -0.2) is 0 Å². The molecular weight excluding hydrogens is 164 g/mol. The summed E-state index contributed by atoms with van der Waals surface area (Å²) in [6, 6.07) is 9.02. The molecule has 0 saturated carbocycles. The van der Waals surface area contributed by atoms with E-state index in [0.717, 1.165) is 6.42 Å². The smallest absolute Gasteiger partial charge is 0.165 e. The van der Waals surface area contributed by atoms with E-state index in [-0.39, 0.29) is 5.78 Å². The lowest BCUT2D eigenvalue weighted by molar-refractivity contribution is -0.127. The minimum atomic E-state index is -0.943. The number of benzene rings is 1. The number of carbonyl (C=O) groups excluding carboxylic acids is 1. The van der Waals surface area contributed by atoms with Crippen LogP contribution < -0.4 is 0 Å². The number of ketones is 1. The highest BCUT2D eigenvalue weighted by atomic mass is 16.3. The Morgan fingerprint density at radius 1 is 1.38 bits per heavy atom. The van der Waals surface area contributed by atoms with Crippen molar-refractivity contribution in [1.82, 2.24) is 0 Å². The van der Waals surface area contributed by atoms with Crippen LogP contribution in [-0.4, -0.2) is 10.9 Å².